The standard InChI is InChI=1S/C18H23NO4S/c1-22-16(20)18(24-14-9-4-3-5-10-14)12-13-8-6-7-11-15(13)19(18)17(21)23-2/h3-5,9-10,13,15H,6-8,11-12H2,1-2H3/t13?,15-,18?/m0/s1. The molecule has 1 aromatic carbocycles. The smallest absolute Gasteiger partial charge is 0.411 e. The molecule has 1 saturated carbocycles. The van der Waals surface area contributed by atoms with Crippen molar-refractivity contribution >= 4 is 23.8 Å². The molecular weight excluding hydrogens is 326 g/mol. The Bertz CT molecular complexity index is 608. The number of likely N-dealkylation sites (tertiary alicyclic amines) is 1. The van der Waals surface area contributed by atoms with Crippen LogP contribution in [0.3, 0.4) is 0 Å². The van der Waals surface area contributed by atoms with Gasteiger partial charge in [0.15, 0.2) is 4.87 Å². The number of carbonyl (C=O) groups is 2. The molecule has 3 atom stereocenters. The molecule has 1 heterocycles. The van der Waals surface area contributed by atoms with E-state index in [0.29, 0.717) is 12.3 Å². The summed E-state index contributed by atoms with van der Waals surface area (Å²) in [5, 5.41) is 0. The van der Waals surface area contributed by atoms with E-state index in [-0.39, 0.29) is 12.0 Å². The summed E-state index contributed by atoms with van der Waals surface area (Å²) in [5.74, 6) is -0.0654. The minimum atomic E-state index is -1.05. The maximum Gasteiger partial charge on any atom is 0.411 e. The van der Waals surface area contributed by atoms with Gasteiger partial charge in [0.2, 0.25) is 0 Å². The van der Waals surface area contributed by atoms with Gasteiger partial charge in [-0.1, -0.05) is 42.8 Å². The highest BCUT2D eigenvalue weighted by Crippen LogP contribution is 2.53. The Hall–Kier alpha value is -1.69. The van der Waals surface area contributed by atoms with Gasteiger partial charge in [0, 0.05) is 10.9 Å². The van der Waals surface area contributed by atoms with Crippen LogP contribution in [0.4, 0.5) is 4.79 Å². The van der Waals surface area contributed by atoms with Gasteiger partial charge < -0.3 is 9.47 Å². The lowest BCUT2D eigenvalue weighted by atomic mass is 9.85. The fourth-order valence-electron chi connectivity index (χ4n) is 4.03. The minimum Gasteiger partial charge on any atom is -0.467 e. The van der Waals surface area contributed by atoms with Crippen LogP contribution in [0.1, 0.15) is 32.1 Å². The highest BCUT2D eigenvalue weighted by Gasteiger charge is 2.60. The van der Waals surface area contributed by atoms with Gasteiger partial charge in [0.1, 0.15) is 0 Å². The lowest BCUT2D eigenvalue weighted by molar-refractivity contribution is -0.147. The highest BCUT2D eigenvalue weighted by atomic mass is 32.2. The normalized spacial score (nSPS) is 29.0. The van der Waals surface area contributed by atoms with Crippen LogP contribution in [0.5, 0.6) is 0 Å². The number of fused-ring (bicyclic) bond motifs is 1. The van der Waals surface area contributed by atoms with E-state index in [4.69, 9.17) is 9.47 Å². The van der Waals surface area contributed by atoms with Gasteiger partial charge in [0.25, 0.3) is 0 Å². The van der Waals surface area contributed by atoms with Crippen molar-refractivity contribution in [3.63, 3.8) is 0 Å². The maximum atomic E-state index is 12.8. The molecule has 1 amide bonds. The van der Waals surface area contributed by atoms with Crippen LogP contribution in [-0.2, 0) is 14.3 Å². The van der Waals surface area contributed by atoms with Gasteiger partial charge in [-0.15, -0.1) is 0 Å². The zero-order valence-electron chi connectivity index (χ0n) is 14.1. The Kier molecular flexibility index (Phi) is 5.04. The van der Waals surface area contributed by atoms with Gasteiger partial charge >= 0.3 is 12.1 Å². The van der Waals surface area contributed by atoms with Crippen LogP contribution in [0.15, 0.2) is 35.2 Å². The predicted molar refractivity (Wildman–Crippen MR) is 91.7 cm³/mol. The molecule has 0 radical (unpaired) electrons. The van der Waals surface area contributed by atoms with Crippen molar-refractivity contribution in [2.45, 2.75) is 47.9 Å². The maximum absolute atomic E-state index is 12.8. The van der Waals surface area contributed by atoms with Crippen molar-refractivity contribution in [3.05, 3.63) is 30.3 Å². The number of hydrogen-bond donors (Lipinski definition) is 0. The van der Waals surface area contributed by atoms with E-state index in [9.17, 15) is 9.59 Å². The molecule has 0 spiro atoms. The van der Waals surface area contributed by atoms with Gasteiger partial charge in [-0.2, -0.15) is 0 Å². The zero-order valence-corrected chi connectivity index (χ0v) is 14.9. The first kappa shape index (κ1) is 17.1. The van der Waals surface area contributed by atoms with Crippen molar-refractivity contribution in [3.8, 4) is 0 Å². The van der Waals surface area contributed by atoms with Crippen molar-refractivity contribution in [1.29, 1.82) is 0 Å². The second-order valence-corrected chi connectivity index (χ2v) is 7.70. The molecule has 0 bridgehead atoms. The predicted octanol–water partition coefficient (Wildman–Crippen LogP) is 3.68. The first-order chi connectivity index (χ1) is 11.6. The van der Waals surface area contributed by atoms with E-state index in [2.05, 4.69) is 0 Å². The second-order valence-electron chi connectivity index (χ2n) is 6.35. The molecule has 1 aliphatic heterocycles. The molecule has 5 nitrogen and oxygen atoms in total. The Morgan fingerprint density at radius 3 is 2.50 bits per heavy atom. The number of carbonyl (C=O) groups excluding carboxylic acids is 2. The average molecular weight is 349 g/mol. The molecule has 130 valence electrons. The van der Waals surface area contributed by atoms with Gasteiger partial charge in [-0.25, -0.2) is 9.59 Å². The summed E-state index contributed by atoms with van der Waals surface area (Å²) < 4.78 is 10.2. The van der Waals surface area contributed by atoms with E-state index in [0.717, 1.165) is 30.6 Å². The third kappa shape index (κ3) is 2.88. The number of amides is 1. The molecule has 1 aliphatic carbocycles. The number of ether oxygens (including phenoxy) is 2. The largest absolute Gasteiger partial charge is 0.467 e. The van der Waals surface area contributed by atoms with E-state index < -0.39 is 11.0 Å². The first-order valence-corrected chi connectivity index (χ1v) is 9.14. The SMILES string of the molecule is COC(=O)N1[C@H]2CCCCC2CC1(Sc1ccccc1)C(=O)OC. The van der Waals surface area contributed by atoms with Crippen molar-refractivity contribution in [2.75, 3.05) is 14.2 Å². The summed E-state index contributed by atoms with van der Waals surface area (Å²) in [6.07, 6.45) is 4.32. The third-order valence-electron chi connectivity index (χ3n) is 5.03. The second kappa shape index (κ2) is 7.05. The van der Waals surface area contributed by atoms with Crippen molar-refractivity contribution in [1.82, 2.24) is 4.90 Å². The number of nitrogens with zero attached hydrogens (tertiary/aromatic N) is 1. The third-order valence-corrected chi connectivity index (χ3v) is 6.41. The molecule has 6 heteroatoms. The molecule has 1 saturated heterocycles. The number of rotatable bonds is 3. The molecule has 2 aliphatic rings. The zero-order chi connectivity index (χ0) is 17.2. The van der Waals surface area contributed by atoms with Crippen molar-refractivity contribution < 1.29 is 19.1 Å². The fourth-order valence-corrected chi connectivity index (χ4v) is 5.48. The summed E-state index contributed by atoms with van der Waals surface area (Å²) in [6.45, 7) is 0. The van der Waals surface area contributed by atoms with E-state index in [1.54, 1.807) is 4.90 Å². The monoisotopic (exact) mass is 349 g/mol. The summed E-state index contributed by atoms with van der Waals surface area (Å²) >= 11 is 1.40. The van der Waals surface area contributed by atoms with Gasteiger partial charge in [-0.05, 0) is 37.3 Å². The van der Waals surface area contributed by atoms with E-state index in [1.165, 1.54) is 26.0 Å². The molecule has 0 aromatic heterocycles. The minimum absolute atomic E-state index is 0.0431. The van der Waals surface area contributed by atoms with Crippen LogP contribution < -0.4 is 0 Å². The molecule has 1 aromatic rings. The summed E-state index contributed by atoms with van der Waals surface area (Å²) in [4.78, 5) is 26.9. The van der Waals surface area contributed by atoms with E-state index in [1.807, 2.05) is 30.3 Å². The first-order valence-electron chi connectivity index (χ1n) is 8.32. The van der Waals surface area contributed by atoms with Crippen LogP contribution in [0.2, 0.25) is 0 Å². The number of hydrogen-bond acceptors (Lipinski definition) is 5. The highest BCUT2D eigenvalue weighted by molar-refractivity contribution is 8.01. The number of methoxy groups -OCH3 is 2. The Labute approximate surface area is 146 Å². The topological polar surface area (TPSA) is 55.8 Å². The quantitative estimate of drug-likeness (QED) is 0.779. The number of benzene rings is 1. The summed E-state index contributed by atoms with van der Waals surface area (Å²) in [6, 6.07) is 9.73. The van der Waals surface area contributed by atoms with E-state index >= 15 is 0 Å². The molecule has 2 fully saturated rings. The number of thioether (sulfide) groups is 1. The molecular formula is C18H23NO4S. The summed E-state index contributed by atoms with van der Waals surface area (Å²) in [5.41, 5.74) is 0. The molecule has 2 unspecified atom stereocenters. The molecule has 24 heavy (non-hydrogen) atoms. The van der Waals surface area contributed by atoms with Crippen molar-refractivity contribution in [2.24, 2.45) is 5.92 Å². The molecule has 0 N–H and O–H groups in total. The Morgan fingerprint density at radius 2 is 1.83 bits per heavy atom. The number of esters is 1. The van der Waals surface area contributed by atoms with Gasteiger partial charge in [-0.3, -0.25) is 4.90 Å². The lowest BCUT2D eigenvalue weighted by Gasteiger charge is -2.38. The Balaban J connectivity index is 2.03. The molecule has 3 rings (SSSR count). The van der Waals surface area contributed by atoms with Crippen LogP contribution in [-0.4, -0.2) is 42.1 Å². The van der Waals surface area contributed by atoms with Crippen LogP contribution in [0.25, 0.3) is 0 Å². The van der Waals surface area contributed by atoms with Gasteiger partial charge in [0.05, 0.1) is 14.2 Å². The Morgan fingerprint density at radius 1 is 1.12 bits per heavy atom. The fraction of sp³-hybridized carbons (Fsp3) is 0.556. The van der Waals surface area contributed by atoms with Crippen LogP contribution in [0, 0.1) is 5.92 Å². The van der Waals surface area contributed by atoms with Crippen LogP contribution >= 0.6 is 11.8 Å². The lowest BCUT2D eigenvalue weighted by Crippen LogP contribution is -2.54. The average Bonchev–Trinajstić information content (AvgIpc) is 2.96. The summed E-state index contributed by atoms with van der Waals surface area (Å²) in [7, 11) is 2.75.